The number of amides is 4. The lowest BCUT2D eigenvalue weighted by atomic mass is 10.00. The molecule has 0 fully saturated rings. The van der Waals surface area contributed by atoms with E-state index in [0.717, 1.165) is 0 Å². The summed E-state index contributed by atoms with van der Waals surface area (Å²) in [4.78, 5) is 75.8. The van der Waals surface area contributed by atoms with Crippen LogP contribution >= 0.6 is 0 Å². The van der Waals surface area contributed by atoms with E-state index in [-0.39, 0.29) is 30.8 Å². The maximum Gasteiger partial charge on any atom is 0.326 e. The van der Waals surface area contributed by atoms with E-state index >= 15 is 0 Å². The van der Waals surface area contributed by atoms with E-state index in [0.29, 0.717) is 11.1 Å². The van der Waals surface area contributed by atoms with Crippen LogP contribution in [0.25, 0.3) is 0 Å². The van der Waals surface area contributed by atoms with Crippen LogP contribution in [-0.4, -0.2) is 86.2 Å². The molecule has 0 radical (unpaired) electrons. The molecule has 0 bridgehead atoms. The van der Waals surface area contributed by atoms with Crippen LogP contribution in [0.4, 0.5) is 0 Å². The van der Waals surface area contributed by atoms with Gasteiger partial charge in [-0.05, 0) is 54.7 Å². The topological polar surface area (TPSA) is 257 Å². The first kappa shape index (κ1) is 37.0. The minimum Gasteiger partial charge on any atom is -0.508 e. The highest BCUT2D eigenvalue weighted by atomic mass is 16.4. The van der Waals surface area contributed by atoms with Crippen molar-refractivity contribution in [3.8, 4) is 11.5 Å². The van der Waals surface area contributed by atoms with Crippen molar-refractivity contribution < 1.29 is 49.2 Å². The number of phenolic OH excluding ortho intramolecular Hbond substituents is 2. The summed E-state index contributed by atoms with van der Waals surface area (Å²) >= 11 is 0. The first-order chi connectivity index (χ1) is 21.6. The molecule has 250 valence electrons. The zero-order valence-electron chi connectivity index (χ0n) is 25.7. The number of aliphatic carboxylic acids is 2. The number of benzene rings is 2. The molecule has 0 aliphatic rings. The fraction of sp³-hybridized carbons (Fsp3) is 0.419. The summed E-state index contributed by atoms with van der Waals surface area (Å²) in [5.41, 5.74) is 6.60. The Morgan fingerprint density at radius 3 is 1.39 bits per heavy atom. The van der Waals surface area contributed by atoms with Crippen molar-refractivity contribution in [1.82, 2.24) is 21.3 Å². The summed E-state index contributed by atoms with van der Waals surface area (Å²) in [7, 11) is 0. The van der Waals surface area contributed by atoms with Gasteiger partial charge in [0.05, 0.1) is 6.04 Å². The van der Waals surface area contributed by atoms with E-state index < -0.39 is 78.1 Å². The molecule has 15 nitrogen and oxygen atoms in total. The van der Waals surface area contributed by atoms with E-state index in [9.17, 15) is 44.1 Å². The number of hydrogen-bond acceptors (Lipinski definition) is 9. The van der Waals surface area contributed by atoms with Gasteiger partial charge in [-0.2, -0.15) is 0 Å². The highest BCUT2D eigenvalue weighted by Gasteiger charge is 2.33. The molecule has 0 aliphatic heterocycles. The molecule has 0 unspecified atom stereocenters. The molecule has 0 aromatic heterocycles. The second kappa shape index (κ2) is 17.3. The minimum absolute atomic E-state index is 0.0372. The van der Waals surface area contributed by atoms with Crippen LogP contribution in [0.3, 0.4) is 0 Å². The predicted octanol–water partition coefficient (Wildman–Crippen LogP) is -0.225. The smallest absolute Gasteiger partial charge is 0.326 e. The number of aromatic hydroxyl groups is 2. The number of rotatable bonds is 17. The molecule has 4 amide bonds. The maximum atomic E-state index is 13.8. The SMILES string of the molecule is CC(C)[C@H](NC(=O)[C@H](Cc1ccc(O)cc1)NC(=O)[C@H](Cc1ccc(O)cc1)NC(=O)[C@H](CCC(=O)O)NC(=O)[C@H](C)N)C(=O)O. The Bertz CT molecular complexity index is 1380. The zero-order chi connectivity index (χ0) is 34.6. The predicted molar refractivity (Wildman–Crippen MR) is 164 cm³/mol. The third-order valence-corrected chi connectivity index (χ3v) is 6.94. The minimum atomic E-state index is -1.38. The number of carboxylic acids is 2. The lowest BCUT2D eigenvalue weighted by Gasteiger charge is -2.27. The van der Waals surface area contributed by atoms with Crippen molar-refractivity contribution in [3.63, 3.8) is 0 Å². The van der Waals surface area contributed by atoms with Crippen LogP contribution in [0.1, 0.15) is 44.7 Å². The maximum absolute atomic E-state index is 13.8. The van der Waals surface area contributed by atoms with E-state index in [1.807, 2.05) is 0 Å². The Morgan fingerprint density at radius 2 is 1.02 bits per heavy atom. The molecule has 2 aromatic rings. The highest BCUT2D eigenvalue weighted by molar-refractivity contribution is 5.95. The Morgan fingerprint density at radius 1 is 0.630 bits per heavy atom. The monoisotopic (exact) mass is 643 g/mol. The molecule has 0 saturated carbocycles. The van der Waals surface area contributed by atoms with Gasteiger partial charge in [0, 0.05) is 19.3 Å². The molecular weight excluding hydrogens is 602 g/mol. The van der Waals surface area contributed by atoms with Crippen LogP contribution in [0.2, 0.25) is 0 Å². The van der Waals surface area contributed by atoms with Crippen molar-refractivity contribution in [2.75, 3.05) is 0 Å². The van der Waals surface area contributed by atoms with Crippen LogP contribution in [0.5, 0.6) is 11.5 Å². The van der Waals surface area contributed by atoms with Gasteiger partial charge in [0.1, 0.15) is 35.7 Å². The van der Waals surface area contributed by atoms with Gasteiger partial charge in [-0.15, -0.1) is 0 Å². The van der Waals surface area contributed by atoms with E-state index in [1.165, 1.54) is 55.5 Å². The van der Waals surface area contributed by atoms with Crippen molar-refractivity contribution in [3.05, 3.63) is 59.7 Å². The van der Waals surface area contributed by atoms with Gasteiger partial charge in [0.15, 0.2) is 0 Å². The number of nitrogens with one attached hydrogen (secondary N) is 4. The number of carboxylic acid groups (broad SMARTS) is 2. The highest BCUT2D eigenvalue weighted by Crippen LogP contribution is 2.14. The van der Waals surface area contributed by atoms with Crippen molar-refractivity contribution >= 4 is 35.6 Å². The molecule has 0 aliphatic carbocycles. The van der Waals surface area contributed by atoms with Crippen LogP contribution < -0.4 is 27.0 Å². The van der Waals surface area contributed by atoms with E-state index in [1.54, 1.807) is 13.8 Å². The molecule has 15 heteroatoms. The number of hydrogen-bond donors (Lipinski definition) is 9. The molecule has 2 aromatic carbocycles. The van der Waals surface area contributed by atoms with Crippen molar-refractivity contribution in [2.24, 2.45) is 11.7 Å². The van der Waals surface area contributed by atoms with Crippen LogP contribution in [0.15, 0.2) is 48.5 Å². The second-order valence-corrected chi connectivity index (χ2v) is 11.2. The summed E-state index contributed by atoms with van der Waals surface area (Å²) in [5.74, 6) is -6.38. The van der Waals surface area contributed by atoms with Crippen molar-refractivity contribution in [2.45, 2.75) is 76.7 Å². The Hall–Kier alpha value is -5.18. The molecule has 5 atom stereocenters. The molecule has 2 rings (SSSR count). The molecule has 0 saturated heterocycles. The van der Waals surface area contributed by atoms with Gasteiger partial charge in [-0.3, -0.25) is 24.0 Å². The fourth-order valence-electron chi connectivity index (χ4n) is 4.31. The molecule has 0 spiro atoms. The van der Waals surface area contributed by atoms with Gasteiger partial charge in [-0.25, -0.2) is 4.79 Å². The quantitative estimate of drug-likeness (QED) is 0.109. The molecule has 46 heavy (non-hydrogen) atoms. The van der Waals surface area contributed by atoms with Gasteiger partial charge >= 0.3 is 11.9 Å². The number of carbonyl (C=O) groups is 6. The first-order valence-electron chi connectivity index (χ1n) is 14.5. The first-order valence-corrected chi connectivity index (χ1v) is 14.5. The Balaban J connectivity index is 2.43. The van der Waals surface area contributed by atoms with E-state index in [2.05, 4.69) is 21.3 Å². The molecule has 0 heterocycles. The third-order valence-electron chi connectivity index (χ3n) is 6.94. The lowest BCUT2D eigenvalue weighted by molar-refractivity contribution is -0.143. The van der Waals surface area contributed by atoms with E-state index in [4.69, 9.17) is 10.8 Å². The third kappa shape index (κ3) is 12.1. The van der Waals surface area contributed by atoms with Gasteiger partial charge in [-0.1, -0.05) is 38.1 Å². The van der Waals surface area contributed by atoms with Gasteiger partial charge in [0.2, 0.25) is 23.6 Å². The number of nitrogens with two attached hydrogens (primary N) is 1. The fourth-order valence-corrected chi connectivity index (χ4v) is 4.31. The Kier molecular flexibility index (Phi) is 14.0. The summed E-state index contributed by atoms with van der Waals surface area (Å²) in [6.07, 6.45) is -1.07. The van der Waals surface area contributed by atoms with Gasteiger partial charge < -0.3 is 47.4 Å². The summed E-state index contributed by atoms with van der Waals surface area (Å²) in [6.45, 7) is 4.57. The Labute approximate surface area is 265 Å². The lowest BCUT2D eigenvalue weighted by Crippen LogP contribution is -2.59. The largest absolute Gasteiger partial charge is 0.508 e. The number of phenols is 2. The summed E-state index contributed by atoms with van der Waals surface area (Å²) in [5, 5.41) is 48.0. The standard InChI is InChI=1S/C31H41N5O10/c1-16(2)26(31(45)46)36-30(44)24(15-19-6-10-21(38)11-7-19)35-29(43)23(14-18-4-8-20(37)9-5-18)34-28(42)22(12-13-25(39)40)33-27(41)17(3)32/h4-11,16-17,22-24,26,37-38H,12-15,32H2,1-3H3,(H,33,41)(H,34,42)(H,35,43)(H,36,44)(H,39,40)(H,45,46)/t17-,22-,23-,24-,26-/m0/s1. The summed E-state index contributed by atoms with van der Waals surface area (Å²) < 4.78 is 0. The summed E-state index contributed by atoms with van der Waals surface area (Å²) in [6, 6.07) is 5.14. The molecular formula is C31H41N5O10. The van der Waals surface area contributed by atoms with Gasteiger partial charge in [0.25, 0.3) is 0 Å². The van der Waals surface area contributed by atoms with Crippen molar-refractivity contribution in [1.29, 1.82) is 0 Å². The zero-order valence-corrected chi connectivity index (χ0v) is 25.7. The van der Waals surface area contributed by atoms with Crippen LogP contribution in [-0.2, 0) is 41.6 Å². The average Bonchev–Trinajstić information content (AvgIpc) is 2.98. The molecule has 10 N–H and O–H groups in total. The van der Waals surface area contributed by atoms with Crippen LogP contribution in [0, 0.1) is 5.92 Å². The second-order valence-electron chi connectivity index (χ2n) is 11.2. The number of carbonyl (C=O) groups excluding carboxylic acids is 4. The average molecular weight is 644 g/mol. The normalized spacial score (nSPS) is 14.2.